The highest BCUT2D eigenvalue weighted by Crippen LogP contribution is 2.32. The average Bonchev–Trinajstić information content (AvgIpc) is 3.23. The molecule has 1 aromatic carbocycles. The number of aromatic amines is 2. The number of pyridine rings is 1. The van der Waals surface area contributed by atoms with Gasteiger partial charge in [0.1, 0.15) is 18.0 Å². The molecule has 3 heterocycles. The minimum atomic E-state index is -0.529. The van der Waals surface area contributed by atoms with Gasteiger partial charge in [0, 0.05) is 22.8 Å². The van der Waals surface area contributed by atoms with Crippen molar-refractivity contribution >= 4 is 34.1 Å². The van der Waals surface area contributed by atoms with E-state index in [1.807, 2.05) is 13.8 Å². The van der Waals surface area contributed by atoms with E-state index in [4.69, 9.17) is 11.6 Å². The molecule has 3 N–H and O–H groups in total. The summed E-state index contributed by atoms with van der Waals surface area (Å²) in [4.78, 5) is 26.8. The number of halogens is 2. The molecule has 0 spiro atoms. The number of hydrogen-bond acceptors (Lipinski definition) is 6. The first kappa shape index (κ1) is 23.8. The van der Waals surface area contributed by atoms with Crippen LogP contribution in [0.4, 0.5) is 15.9 Å². The lowest BCUT2D eigenvalue weighted by Gasteiger charge is -2.18. The minimum absolute atomic E-state index is 0.00900. The molecule has 0 aliphatic carbocycles. The van der Waals surface area contributed by atoms with Crippen LogP contribution in [0.2, 0.25) is 5.02 Å². The molecule has 0 aliphatic heterocycles. The molecule has 178 valence electrons. The third-order valence-corrected chi connectivity index (χ3v) is 6.06. The molecule has 4 aromatic rings. The molecule has 0 saturated heterocycles. The second-order valence-electron chi connectivity index (χ2n) is 8.32. The molecule has 0 fully saturated rings. The molecular formula is C24H27ClFN7O. The fraction of sp³-hybridized carbons (Fsp3) is 0.333. The molecule has 0 aliphatic rings. The molecule has 3 aromatic heterocycles. The van der Waals surface area contributed by atoms with Gasteiger partial charge in [-0.15, -0.1) is 0 Å². The van der Waals surface area contributed by atoms with Crippen LogP contribution < -0.4 is 10.9 Å². The fourth-order valence-electron chi connectivity index (χ4n) is 3.92. The first-order chi connectivity index (χ1) is 16.3. The molecule has 0 unspecified atom stereocenters. The van der Waals surface area contributed by atoms with Gasteiger partial charge in [-0.3, -0.25) is 14.8 Å². The molecule has 0 bridgehead atoms. The van der Waals surface area contributed by atoms with E-state index in [9.17, 15) is 9.18 Å². The molecule has 0 radical (unpaired) electrons. The maximum absolute atomic E-state index is 14.6. The van der Waals surface area contributed by atoms with Gasteiger partial charge in [-0.05, 0) is 43.3 Å². The van der Waals surface area contributed by atoms with Crippen LogP contribution >= 0.6 is 11.6 Å². The first-order valence-electron chi connectivity index (χ1n) is 11.2. The summed E-state index contributed by atoms with van der Waals surface area (Å²) in [5, 5.41) is 11.9. The number of hydrogen-bond donors (Lipinski definition) is 3. The van der Waals surface area contributed by atoms with Crippen molar-refractivity contribution in [3.63, 3.8) is 0 Å². The van der Waals surface area contributed by atoms with E-state index in [-0.39, 0.29) is 17.0 Å². The highest BCUT2D eigenvalue weighted by Gasteiger charge is 2.19. The summed E-state index contributed by atoms with van der Waals surface area (Å²) >= 11 is 6.08. The zero-order valence-corrected chi connectivity index (χ0v) is 20.3. The first-order valence-corrected chi connectivity index (χ1v) is 11.6. The molecule has 8 nitrogen and oxygen atoms in total. The van der Waals surface area contributed by atoms with Crippen molar-refractivity contribution in [3.05, 3.63) is 63.2 Å². The van der Waals surface area contributed by atoms with Gasteiger partial charge in [-0.1, -0.05) is 39.3 Å². The number of H-pyrrole nitrogens is 2. The van der Waals surface area contributed by atoms with Crippen LogP contribution in [0, 0.1) is 5.82 Å². The summed E-state index contributed by atoms with van der Waals surface area (Å²) in [6.07, 6.45) is 1.45. The van der Waals surface area contributed by atoms with E-state index in [0.717, 1.165) is 24.2 Å². The average molecular weight is 484 g/mol. The Morgan fingerprint density at radius 3 is 2.62 bits per heavy atom. The zero-order valence-electron chi connectivity index (χ0n) is 19.5. The van der Waals surface area contributed by atoms with E-state index in [1.165, 1.54) is 24.5 Å². The van der Waals surface area contributed by atoms with Gasteiger partial charge in [0.05, 0.1) is 22.3 Å². The lowest BCUT2D eigenvalue weighted by Crippen LogP contribution is -2.22. The molecule has 10 heteroatoms. The second kappa shape index (κ2) is 9.90. The van der Waals surface area contributed by atoms with Crippen LogP contribution in [0.25, 0.3) is 22.2 Å². The maximum atomic E-state index is 14.6. The topological polar surface area (TPSA) is 103 Å². The fourth-order valence-corrected chi connectivity index (χ4v) is 4.10. The summed E-state index contributed by atoms with van der Waals surface area (Å²) in [6, 6.07) is 5.78. The Kier molecular flexibility index (Phi) is 6.95. The SMILES string of the molecule is CCN(CC)Cc1n[nH]c2ncnc(Nc3cc(-c4cc(Cl)ccc4F)c(=O)[nH]c3C(C)C)c12. The molecule has 0 amide bonds. The number of fused-ring (bicyclic) bond motifs is 1. The predicted molar refractivity (Wildman–Crippen MR) is 133 cm³/mol. The number of nitrogens with zero attached hydrogens (tertiary/aromatic N) is 4. The Bertz CT molecular complexity index is 1380. The third-order valence-electron chi connectivity index (χ3n) is 5.82. The number of aromatic nitrogens is 5. The lowest BCUT2D eigenvalue weighted by atomic mass is 10.0. The van der Waals surface area contributed by atoms with E-state index >= 15 is 0 Å². The largest absolute Gasteiger partial charge is 0.338 e. The van der Waals surface area contributed by atoms with Crippen molar-refractivity contribution in [1.29, 1.82) is 0 Å². The van der Waals surface area contributed by atoms with Crippen LogP contribution in [0.5, 0.6) is 0 Å². The molecule has 0 saturated carbocycles. The van der Waals surface area contributed by atoms with Crippen LogP contribution in [-0.2, 0) is 6.54 Å². The number of anilines is 2. The van der Waals surface area contributed by atoms with E-state index in [1.54, 1.807) is 6.07 Å². The lowest BCUT2D eigenvalue weighted by molar-refractivity contribution is 0.293. The highest BCUT2D eigenvalue weighted by molar-refractivity contribution is 6.30. The minimum Gasteiger partial charge on any atom is -0.338 e. The second-order valence-corrected chi connectivity index (χ2v) is 8.76. The van der Waals surface area contributed by atoms with Crippen molar-refractivity contribution in [1.82, 2.24) is 30.0 Å². The highest BCUT2D eigenvalue weighted by atomic mass is 35.5. The van der Waals surface area contributed by atoms with Gasteiger partial charge in [0.2, 0.25) is 0 Å². The Hall–Kier alpha value is -3.30. The van der Waals surface area contributed by atoms with Crippen LogP contribution in [0.3, 0.4) is 0 Å². The smallest absolute Gasteiger partial charge is 0.256 e. The molecule has 4 rings (SSSR count). The Balaban J connectivity index is 1.85. The quantitative estimate of drug-likeness (QED) is 0.318. The van der Waals surface area contributed by atoms with E-state index < -0.39 is 11.4 Å². The van der Waals surface area contributed by atoms with E-state index in [0.29, 0.717) is 34.4 Å². The predicted octanol–water partition coefficient (Wildman–Crippen LogP) is 5.21. The van der Waals surface area contributed by atoms with Crippen molar-refractivity contribution in [3.8, 4) is 11.1 Å². The van der Waals surface area contributed by atoms with Gasteiger partial charge in [-0.25, -0.2) is 14.4 Å². The molecular weight excluding hydrogens is 457 g/mol. The van der Waals surface area contributed by atoms with Crippen molar-refractivity contribution in [2.24, 2.45) is 0 Å². The van der Waals surface area contributed by atoms with Gasteiger partial charge in [0.25, 0.3) is 5.56 Å². The normalized spacial score (nSPS) is 11.6. The number of benzene rings is 1. The van der Waals surface area contributed by atoms with Crippen molar-refractivity contribution < 1.29 is 4.39 Å². The van der Waals surface area contributed by atoms with Crippen LogP contribution in [0.1, 0.15) is 45.0 Å². The standard InChI is InChI=1S/C24H27ClFN7O/c1-5-33(6-2)11-19-20-22(27-12-28-23(20)32-31-19)29-18-10-16(24(34)30-21(18)13(3)4)15-9-14(25)7-8-17(15)26/h7-10,12-13H,5-6,11H2,1-4H3,(H,30,34)(H2,27,28,29,31,32). The Labute approximate surface area is 201 Å². The van der Waals surface area contributed by atoms with Gasteiger partial charge in [-0.2, -0.15) is 5.10 Å². The van der Waals surface area contributed by atoms with Crippen molar-refractivity contribution in [2.75, 3.05) is 18.4 Å². The van der Waals surface area contributed by atoms with Gasteiger partial charge < -0.3 is 10.3 Å². The maximum Gasteiger partial charge on any atom is 0.256 e. The monoisotopic (exact) mass is 483 g/mol. The van der Waals surface area contributed by atoms with Gasteiger partial charge >= 0.3 is 0 Å². The Morgan fingerprint density at radius 2 is 1.91 bits per heavy atom. The number of rotatable bonds is 8. The third kappa shape index (κ3) is 4.67. The van der Waals surface area contributed by atoms with Crippen LogP contribution in [-0.4, -0.2) is 43.1 Å². The summed E-state index contributed by atoms with van der Waals surface area (Å²) in [5.74, 6) is 0.0107. The van der Waals surface area contributed by atoms with Gasteiger partial charge in [0.15, 0.2) is 5.65 Å². The summed E-state index contributed by atoms with van der Waals surface area (Å²) in [6.45, 7) is 10.5. The zero-order chi connectivity index (χ0) is 24.4. The summed E-state index contributed by atoms with van der Waals surface area (Å²) in [5.41, 5.74) is 2.62. The summed E-state index contributed by atoms with van der Waals surface area (Å²) < 4.78 is 14.6. The van der Waals surface area contributed by atoms with Crippen LogP contribution in [0.15, 0.2) is 35.4 Å². The Morgan fingerprint density at radius 1 is 1.15 bits per heavy atom. The number of nitrogens with one attached hydrogen (secondary N) is 3. The van der Waals surface area contributed by atoms with Crippen molar-refractivity contribution in [2.45, 2.75) is 40.2 Å². The molecule has 0 atom stereocenters. The molecule has 34 heavy (non-hydrogen) atoms. The van der Waals surface area contributed by atoms with E-state index in [2.05, 4.69) is 49.2 Å². The summed E-state index contributed by atoms with van der Waals surface area (Å²) in [7, 11) is 0.